The molecule has 0 aliphatic rings. The van der Waals surface area contributed by atoms with E-state index in [1.807, 2.05) is 31.2 Å². The molecule has 2 nitrogen and oxygen atoms in total. The van der Waals surface area contributed by atoms with Crippen molar-refractivity contribution in [2.45, 2.75) is 13.8 Å². The smallest absolute Gasteiger partial charge is 0.202 e. The Morgan fingerprint density at radius 3 is 2.50 bits per heavy atom. The summed E-state index contributed by atoms with van der Waals surface area (Å²) in [6.07, 6.45) is 0. The maximum Gasteiger partial charge on any atom is 0.202 e. The van der Waals surface area contributed by atoms with E-state index in [0.717, 1.165) is 11.3 Å². The predicted molar refractivity (Wildman–Crippen MR) is 55.2 cm³/mol. The summed E-state index contributed by atoms with van der Waals surface area (Å²) in [5.74, 6) is 5.94. The first kappa shape index (κ1) is 10.3. The number of benzene rings is 1. The number of Topliss-reactive ketones (excluding diaryl/α,β-unsaturated/α-hetero) is 1. The lowest BCUT2D eigenvalue weighted by atomic mass is 10.2. The highest BCUT2D eigenvalue weighted by molar-refractivity contribution is 5.93. The molecule has 1 rings (SSSR count). The van der Waals surface area contributed by atoms with Gasteiger partial charge in [-0.1, -0.05) is 5.92 Å². The summed E-state index contributed by atoms with van der Waals surface area (Å²) >= 11 is 0. The topological polar surface area (TPSA) is 26.3 Å². The Kier molecular flexibility index (Phi) is 3.75. The fraction of sp³-hybridized carbons (Fsp3) is 0.250. The standard InChI is InChI=1S/C12H12O2/c1-3-14-12-8-6-11(7-9-12)5-4-10(2)13/h6-9H,3H2,1-2H3. The molecule has 2 heteroatoms. The van der Waals surface area contributed by atoms with Crippen molar-refractivity contribution < 1.29 is 9.53 Å². The van der Waals surface area contributed by atoms with Crippen LogP contribution >= 0.6 is 0 Å². The Bertz CT molecular complexity index is 366. The maximum atomic E-state index is 10.6. The van der Waals surface area contributed by atoms with E-state index in [-0.39, 0.29) is 5.78 Å². The molecule has 0 radical (unpaired) electrons. The van der Waals surface area contributed by atoms with Crippen LogP contribution in [0.25, 0.3) is 0 Å². The first-order valence-electron chi connectivity index (χ1n) is 4.48. The highest BCUT2D eigenvalue weighted by Crippen LogP contribution is 2.10. The third kappa shape index (κ3) is 3.32. The van der Waals surface area contributed by atoms with Gasteiger partial charge in [-0.25, -0.2) is 0 Å². The number of ketones is 1. The quantitative estimate of drug-likeness (QED) is 0.664. The van der Waals surface area contributed by atoms with E-state index >= 15 is 0 Å². The van der Waals surface area contributed by atoms with Gasteiger partial charge in [0.2, 0.25) is 5.78 Å². The van der Waals surface area contributed by atoms with E-state index in [0.29, 0.717) is 6.61 Å². The lowest BCUT2D eigenvalue weighted by molar-refractivity contribution is -0.111. The molecule has 0 saturated heterocycles. The van der Waals surface area contributed by atoms with E-state index in [4.69, 9.17) is 4.74 Å². The van der Waals surface area contributed by atoms with E-state index in [1.165, 1.54) is 6.92 Å². The van der Waals surface area contributed by atoms with Gasteiger partial charge in [-0.3, -0.25) is 4.79 Å². The third-order valence-electron chi connectivity index (χ3n) is 1.55. The van der Waals surface area contributed by atoms with Crippen LogP contribution in [-0.2, 0) is 4.79 Å². The molecular formula is C12H12O2. The number of carbonyl (C=O) groups is 1. The maximum absolute atomic E-state index is 10.6. The SMILES string of the molecule is CCOc1ccc(C#CC(C)=O)cc1. The normalized spacial score (nSPS) is 8.71. The van der Waals surface area contributed by atoms with Gasteiger partial charge in [0, 0.05) is 12.5 Å². The lowest BCUT2D eigenvalue weighted by Gasteiger charge is -2.01. The summed E-state index contributed by atoms with van der Waals surface area (Å²) in [6.45, 7) is 4.03. The summed E-state index contributed by atoms with van der Waals surface area (Å²) in [6, 6.07) is 7.35. The summed E-state index contributed by atoms with van der Waals surface area (Å²) in [5, 5.41) is 0. The monoisotopic (exact) mass is 188 g/mol. The first-order chi connectivity index (χ1) is 6.72. The number of rotatable bonds is 2. The van der Waals surface area contributed by atoms with Crippen LogP contribution in [0.3, 0.4) is 0 Å². The highest BCUT2D eigenvalue weighted by Gasteiger charge is 1.91. The molecule has 0 saturated carbocycles. The average molecular weight is 188 g/mol. The Morgan fingerprint density at radius 2 is 2.00 bits per heavy atom. The molecule has 0 unspecified atom stereocenters. The fourth-order valence-corrected chi connectivity index (χ4v) is 0.961. The van der Waals surface area contributed by atoms with Gasteiger partial charge < -0.3 is 4.74 Å². The molecule has 0 spiro atoms. The number of carbonyl (C=O) groups excluding carboxylic acids is 1. The summed E-state index contributed by atoms with van der Waals surface area (Å²) in [4.78, 5) is 10.6. The van der Waals surface area contributed by atoms with E-state index in [9.17, 15) is 4.79 Å². The minimum absolute atomic E-state index is 0.126. The predicted octanol–water partition coefficient (Wildman–Crippen LogP) is 2.03. The van der Waals surface area contributed by atoms with Crippen molar-refractivity contribution in [3.63, 3.8) is 0 Å². The van der Waals surface area contributed by atoms with Crippen LogP contribution in [0.2, 0.25) is 0 Å². The van der Waals surface area contributed by atoms with Crippen LogP contribution in [0.15, 0.2) is 24.3 Å². The van der Waals surface area contributed by atoms with Gasteiger partial charge in [0.25, 0.3) is 0 Å². The van der Waals surface area contributed by atoms with Crippen LogP contribution in [0.4, 0.5) is 0 Å². The van der Waals surface area contributed by atoms with Crippen molar-refractivity contribution in [1.82, 2.24) is 0 Å². The minimum Gasteiger partial charge on any atom is -0.494 e. The van der Waals surface area contributed by atoms with Crippen LogP contribution in [0.1, 0.15) is 19.4 Å². The Morgan fingerprint density at radius 1 is 1.36 bits per heavy atom. The molecule has 0 atom stereocenters. The number of hydrogen-bond acceptors (Lipinski definition) is 2. The van der Waals surface area contributed by atoms with Crippen molar-refractivity contribution in [2.24, 2.45) is 0 Å². The molecule has 0 N–H and O–H groups in total. The zero-order valence-corrected chi connectivity index (χ0v) is 8.33. The van der Waals surface area contributed by atoms with Gasteiger partial charge >= 0.3 is 0 Å². The molecule has 0 aliphatic carbocycles. The Labute approximate surface area is 83.9 Å². The molecule has 72 valence electrons. The van der Waals surface area contributed by atoms with Crippen LogP contribution in [0.5, 0.6) is 5.75 Å². The highest BCUT2D eigenvalue weighted by atomic mass is 16.5. The summed E-state index contributed by atoms with van der Waals surface area (Å²) < 4.78 is 5.27. The Hall–Kier alpha value is -1.75. The van der Waals surface area contributed by atoms with Gasteiger partial charge in [-0.15, -0.1) is 0 Å². The van der Waals surface area contributed by atoms with Crippen molar-refractivity contribution in [3.05, 3.63) is 29.8 Å². The second-order valence-electron chi connectivity index (χ2n) is 2.76. The molecule has 0 aromatic heterocycles. The first-order valence-corrected chi connectivity index (χ1v) is 4.48. The molecule has 0 amide bonds. The molecule has 0 aliphatic heterocycles. The molecule has 0 fully saturated rings. The van der Waals surface area contributed by atoms with Crippen LogP contribution in [-0.4, -0.2) is 12.4 Å². The lowest BCUT2D eigenvalue weighted by Crippen LogP contribution is -1.90. The zero-order chi connectivity index (χ0) is 10.4. The van der Waals surface area contributed by atoms with Gasteiger partial charge in [0.15, 0.2) is 0 Å². The van der Waals surface area contributed by atoms with Crippen LogP contribution in [0, 0.1) is 11.8 Å². The molecule has 14 heavy (non-hydrogen) atoms. The van der Waals surface area contributed by atoms with E-state index in [1.54, 1.807) is 0 Å². The molecule has 1 aromatic rings. The largest absolute Gasteiger partial charge is 0.494 e. The summed E-state index contributed by atoms with van der Waals surface area (Å²) in [5.41, 5.74) is 0.823. The second kappa shape index (κ2) is 5.08. The summed E-state index contributed by atoms with van der Waals surface area (Å²) in [7, 11) is 0. The van der Waals surface area contributed by atoms with Gasteiger partial charge in [0.1, 0.15) is 5.75 Å². The van der Waals surface area contributed by atoms with Crippen LogP contribution < -0.4 is 4.74 Å². The minimum atomic E-state index is -0.126. The average Bonchev–Trinajstić information content (AvgIpc) is 2.17. The number of ether oxygens (including phenoxy) is 1. The molecule has 0 heterocycles. The second-order valence-corrected chi connectivity index (χ2v) is 2.76. The fourth-order valence-electron chi connectivity index (χ4n) is 0.961. The number of hydrogen-bond donors (Lipinski definition) is 0. The molecule has 1 aromatic carbocycles. The van der Waals surface area contributed by atoms with E-state index < -0.39 is 0 Å². The zero-order valence-electron chi connectivity index (χ0n) is 8.33. The van der Waals surface area contributed by atoms with Gasteiger partial charge in [0.05, 0.1) is 6.61 Å². The van der Waals surface area contributed by atoms with Gasteiger partial charge in [-0.05, 0) is 37.1 Å². The van der Waals surface area contributed by atoms with E-state index in [2.05, 4.69) is 11.8 Å². The van der Waals surface area contributed by atoms with Gasteiger partial charge in [-0.2, -0.15) is 0 Å². The van der Waals surface area contributed by atoms with Crippen molar-refractivity contribution in [1.29, 1.82) is 0 Å². The molecule has 0 bridgehead atoms. The van der Waals surface area contributed by atoms with Crippen molar-refractivity contribution >= 4 is 5.78 Å². The van der Waals surface area contributed by atoms with Crippen molar-refractivity contribution in [3.8, 4) is 17.6 Å². The third-order valence-corrected chi connectivity index (χ3v) is 1.55. The Balaban J connectivity index is 2.75. The van der Waals surface area contributed by atoms with Crippen molar-refractivity contribution in [2.75, 3.05) is 6.61 Å². The molecular weight excluding hydrogens is 176 g/mol.